The molecular formula is C8H8ClNO2. The molecule has 0 radical (unpaired) electrons. The monoisotopic (exact) mass is 185 g/mol. The number of aliphatic hydroxyl groups is 1. The molecule has 0 aliphatic heterocycles. The van der Waals surface area contributed by atoms with Crippen LogP contribution in [0.3, 0.4) is 0 Å². The van der Waals surface area contributed by atoms with Crippen LogP contribution in [0.15, 0.2) is 12.1 Å². The summed E-state index contributed by atoms with van der Waals surface area (Å²) in [5.41, 5.74) is 1.02. The van der Waals surface area contributed by atoms with Gasteiger partial charge in [0.05, 0.1) is 0 Å². The SMILES string of the molecule is O=Cc1nc(Cl)ccc1CCO. The largest absolute Gasteiger partial charge is 0.396 e. The van der Waals surface area contributed by atoms with Crippen LogP contribution in [-0.2, 0) is 6.42 Å². The lowest BCUT2D eigenvalue weighted by Crippen LogP contribution is -1.99. The van der Waals surface area contributed by atoms with Crippen molar-refractivity contribution in [3.8, 4) is 0 Å². The Morgan fingerprint density at radius 2 is 2.33 bits per heavy atom. The number of carbonyl (C=O) groups excluding carboxylic acids is 1. The van der Waals surface area contributed by atoms with Crippen LogP contribution in [0.25, 0.3) is 0 Å². The van der Waals surface area contributed by atoms with Crippen LogP contribution in [0.1, 0.15) is 16.1 Å². The third-order valence-electron chi connectivity index (χ3n) is 1.47. The molecule has 0 aliphatic carbocycles. The van der Waals surface area contributed by atoms with Gasteiger partial charge in [-0.2, -0.15) is 0 Å². The summed E-state index contributed by atoms with van der Waals surface area (Å²) in [6.45, 7) is 0.00412. The van der Waals surface area contributed by atoms with Gasteiger partial charge in [-0.05, 0) is 18.1 Å². The highest BCUT2D eigenvalue weighted by Gasteiger charge is 2.02. The lowest BCUT2D eigenvalue weighted by molar-refractivity contribution is 0.111. The number of aromatic nitrogens is 1. The number of aldehydes is 1. The molecule has 0 atom stereocenters. The van der Waals surface area contributed by atoms with Crippen LogP contribution in [0.2, 0.25) is 5.15 Å². The molecule has 0 bridgehead atoms. The smallest absolute Gasteiger partial charge is 0.168 e. The number of halogens is 1. The number of hydrogen-bond donors (Lipinski definition) is 1. The van der Waals surface area contributed by atoms with E-state index in [0.717, 1.165) is 5.56 Å². The van der Waals surface area contributed by atoms with Gasteiger partial charge in [0.15, 0.2) is 6.29 Å². The zero-order valence-electron chi connectivity index (χ0n) is 6.33. The van der Waals surface area contributed by atoms with Gasteiger partial charge in [0.1, 0.15) is 10.8 Å². The van der Waals surface area contributed by atoms with Crippen molar-refractivity contribution in [2.45, 2.75) is 6.42 Å². The van der Waals surface area contributed by atoms with Crippen molar-refractivity contribution >= 4 is 17.9 Å². The Labute approximate surface area is 75.0 Å². The standard InChI is InChI=1S/C8H8ClNO2/c9-8-2-1-6(3-4-11)7(5-12)10-8/h1-2,5,11H,3-4H2. The van der Waals surface area contributed by atoms with Crippen LogP contribution in [0.5, 0.6) is 0 Å². The summed E-state index contributed by atoms with van der Waals surface area (Å²) in [6, 6.07) is 3.29. The Morgan fingerprint density at radius 3 is 2.92 bits per heavy atom. The fourth-order valence-corrected chi connectivity index (χ4v) is 1.07. The molecule has 0 amide bonds. The molecule has 0 aliphatic rings. The quantitative estimate of drug-likeness (QED) is 0.567. The zero-order valence-corrected chi connectivity index (χ0v) is 7.08. The highest BCUT2D eigenvalue weighted by Crippen LogP contribution is 2.10. The molecule has 0 aromatic carbocycles. The van der Waals surface area contributed by atoms with E-state index in [4.69, 9.17) is 16.7 Å². The van der Waals surface area contributed by atoms with Gasteiger partial charge >= 0.3 is 0 Å². The maximum Gasteiger partial charge on any atom is 0.168 e. The lowest BCUT2D eigenvalue weighted by Gasteiger charge is -2.00. The molecule has 1 N–H and O–H groups in total. The predicted molar refractivity (Wildman–Crippen MR) is 45.4 cm³/mol. The third-order valence-corrected chi connectivity index (χ3v) is 1.68. The number of aliphatic hydroxyl groups excluding tert-OH is 1. The van der Waals surface area contributed by atoms with E-state index in [1.165, 1.54) is 0 Å². The minimum absolute atomic E-state index is 0.00412. The van der Waals surface area contributed by atoms with Gasteiger partial charge < -0.3 is 5.11 Å². The van der Waals surface area contributed by atoms with Crippen LogP contribution in [-0.4, -0.2) is 23.0 Å². The summed E-state index contributed by atoms with van der Waals surface area (Å²) in [5, 5.41) is 8.92. The first-order valence-corrected chi connectivity index (χ1v) is 3.87. The normalized spacial score (nSPS) is 9.83. The van der Waals surface area contributed by atoms with Crippen molar-refractivity contribution in [3.63, 3.8) is 0 Å². The van der Waals surface area contributed by atoms with Crippen LogP contribution < -0.4 is 0 Å². The van der Waals surface area contributed by atoms with Crippen molar-refractivity contribution in [1.82, 2.24) is 4.98 Å². The second-order valence-electron chi connectivity index (χ2n) is 2.27. The van der Waals surface area contributed by atoms with Crippen LogP contribution in [0.4, 0.5) is 0 Å². The topological polar surface area (TPSA) is 50.2 Å². The summed E-state index contributed by atoms with van der Waals surface area (Å²) < 4.78 is 0. The fourth-order valence-electron chi connectivity index (χ4n) is 0.913. The molecule has 0 saturated carbocycles. The summed E-state index contributed by atoms with van der Waals surface area (Å²) in [6.07, 6.45) is 1.06. The van der Waals surface area contributed by atoms with E-state index in [2.05, 4.69) is 4.98 Å². The van der Waals surface area contributed by atoms with Crippen molar-refractivity contribution in [2.24, 2.45) is 0 Å². The van der Waals surface area contributed by atoms with E-state index < -0.39 is 0 Å². The van der Waals surface area contributed by atoms with Gasteiger partial charge in [-0.3, -0.25) is 4.79 Å². The van der Waals surface area contributed by atoms with Crippen molar-refractivity contribution in [1.29, 1.82) is 0 Å². The van der Waals surface area contributed by atoms with Gasteiger partial charge in [-0.1, -0.05) is 17.7 Å². The van der Waals surface area contributed by atoms with E-state index >= 15 is 0 Å². The number of hydrogen-bond acceptors (Lipinski definition) is 3. The van der Waals surface area contributed by atoms with Gasteiger partial charge in [0.25, 0.3) is 0 Å². The molecule has 64 valence electrons. The number of pyridine rings is 1. The average Bonchev–Trinajstić information content (AvgIpc) is 2.08. The molecule has 1 aromatic heterocycles. The predicted octanol–water partition coefficient (Wildman–Crippen LogP) is 1.08. The van der Waals surface area contributed by atoms with E-state index in [1.54, 1.807) is 12.1 Å². The van der Waals surface area contributed by atoms with E-state index in [-0.39, 0.29) is 6.61 Å². The molecule has 1 aromatic rings. The first-order chi connectivity index (χ1) is 5.77. The Kier molecular flexibility index (Phi) is 3.19. The molecular weight excluding hydrogens is 178 g/mol. The van der Waals surface area contributed by atoms with Gasteiger partial charge in [0, 0.05) is 6.61 Å². The molecule has 1 rings (SSSR count). The maximum absolute atomic E-state index is 10.5. The summed E-state index contributed by atoms with van der Waals surface area (Å²) in [5.74, 6) is 0. The van der Waals surface area contributed by atoms with Crippen LogP contribution >= 0.6 is 11.6 Å². The Hall–Kier alpha value is -0.930. The molecule has 0 saturated heterocycles. The molecule has 0 fully saturated rings. The molecule has 1 heterocycles. The molecule has 0 unspecified atom stereocenters. The van der Waals surface area contributed by atoms with E-state index in [1.807, 2.05) is 0 Å². The van der Waals surface area contributed by atoms with E-state index in [9.17, 15) is 4.79 Å². The van der Waals surface area contributed by atoms with E-state index in [0.29, 0.717) is 23.6 Å². The first-order valence-electron chi connectivity index (χ1n) is 3.49. The van der Waals surface area contributed by atoms with Crippen molar-refractivity contribution < 1.29 is 9.90 Å². The second kappa shape index (κ2) is 4.18. The minimum atomic E-state index is 0.00412. The first kappa shape index (κ1) is 9.16. The van der Waals surface area contributed by atoms with Gasteiger partial charge in [-0.15, -0.1) is 0 Å². The summed E-state index contributed by atoms with van der Waals surface area (Å²) in [4.78, 5) is 14.2. The fraction of sp³-hybridized carbons (Fsp3) is 0.250. The second-order valence-corrected chi connectivity index (χ2v) is 2.66. The Bertz CT molecular complexity index is 288. The van der Waals surface area contributed by atoms with Crippen molar-refractivity contribution in [3.05, 3.63) is 28.5 Å². The molecule has 0 spiro atoms. The Balaban J connectivity index is 3.02. The van der Waals surface area contributed by atoms with Crippen molar-refractivity contribution in [2.75, 3.05) is 6.61 Å². The Morgan fingerprint density at radius 1 is 1.58 bits per heavy atom. The minimum Gasteiger partial charge on any atom is -0.396 e. The molecule has 3 nitrogen and oxygen atoms in total. The number of nitrogens with zero attached hydrogens (tertiary/aromatic N) is 1. The van der Waals surface area contributed by atoms with Gasteiger partial charge in [-0.25, -0.2) is 4.98 Å². The average molecular weight is 186 g/mol. The maximum atomic E-state index is 10.5. The number of rotatable bonds is 3. The van der Waals surface area contributed by atoms with Gasteiger partial charge in [0.2, 0.25) is 0 Å². The zero-order chi connectivity index (χ0) is 8.97. The summed E-state index contributed by atoms with van der Waals surface area (Å²) >= 11 is 5.56. The highest BCUT2D eigenvalue weighted by molar-refractivity contribution is 6.29. The lowest BCUT2D eigenvalue weighted by atomic mass is 10.1. The van der Waals surface area contributed by atoms with Crippen LogP contribution in [0, 0.1) is 0 Å². The molecule has 12 heavy (non-hydrogen) atoms. The summed E-state index contributed by atoms with van der Waals surface area (Å²) in [7, 11) is 0. The number of carbonyl (C=O) groups is 1. The third kappa shape index (κ3) is 2.03. The highest BCUT2D eigenvalue weighted by atomic mass is 35.5. The molecule has 4 heteroatoms.